The lowest BCUT2D eigenvalue weighted by Crippen LogP contribution is -2.39. The van der Waals surface area contributed by atoms with E-state index < -0.39 is 11.8 Å². The zero-order valence-electron chi connectivity index (χ0n) is 16.3. The number of carbonyl (C=O) groups excluding carboxylic acids is 1. The molecule has 2 aromatic rings. The molecule has 0 spiro atoms. The number of hydrogen-bond donors (Lipinski definition) is 2. The van der Waals surface area contributed by atoms with Crippen LogP contribution in [0.15, 0.2) is 42.5 Å². The number of carbonyl (C=O) groups is 1. The first-order valence-corrected chi connectivity index (χ1v) is 9.58. The number of fused-ring (bicyclic) bond motifs is 3. The van der Waals surface area contributed by atoms with Gasteiger partial charge in [0.15, 0.2) is 5.60 Å². The first kappa shape index (κ1) is 19.9. The average molecular weight is 404 g/mol. The lowest BCUT2D eigenvalue weighted by molar-refractivity contribution is -0.258. The van der Waals surface area contributed by atoms with E-state index in [1.165, 1.54) is 18.2 Å². The summed E-state index contributed by atoms with van der Waals surface area (Å²) in [5.41, 5.74) is -0.474. The zero-order valence-corrected chi connectivity index (χ0v) is 16.3. The van der Waals surface area contributed by atoms with E-state index in [0.29, 0.717) is 29.2 Å². The maximum atomic E-state index is 13.2. The molecule has 1 amide bonds. The Morgan fingerprint density at radius 2 is 1.83 bits per heavy atom. The Balaban J connectivity index is 1.75. The summed E-state index contributed by atoms with van der Waals surface area (Å²) in [5.74, 6) is 0.443. The Bertz CT molecular complexity index is 955. The van der Waals surface area contributed by atoms with E-state index >= 15 is 0 Å². The summed E-state index contributed by atoms with van der Waals surface area (Å²) in [6.07, 6.45) is -4.79. The SMILES string of the molecule is CN1C[C@@H]2CNC(=O)c3cc(-c4cccc(C(C)(O)C(F)(F)F)c4)ccc3[C@H]2C1. The number of likely N-dealkylation sites (tertiary alicyclic amines) is 1. The quantitative estimate of drug-likeness (QED) is 0.806. The minimum absolute atomic E-state index is 0.155. The number of halogens is 3. The van der Waals surface area contributed by atoms with Gasteiger partial charge in [-0.2, -0.15) is 13.2 Å². The van der Waals surface area contributed by atoms with Gasteiger partial charge in [0.2, 0.25) is 0 Å². The molecule has 1 saturated heterocycles. The van der Waals surface area contributed by atoms with Gasteiger partial charge in [-0.3, -0.25) is 4.79 Å². The van der Waals surface area contributed by atoms with Crippen LogP contribution in [0.3, 0.4) is 0 Å². The Morgan fingerprint density at radius 1 is 1.10 bits per heavy atom. The Labute approximate surface area is 167 Å². The third-order valence-electron chi connectivity index (χ3n) is 6.16. The number of nitrogens with zero attached hydrogens (tertiary/aromatic N) is 1. The second kappa shape index (κ2) is 6.85. The lowest BCUT2D eigenvalue weighted by atomic mass is 9.85. The maximum absolute atomic E-state index is 13.2. The summed E-state index contributed by atoms with van der Waals surface area (Å²) >= 11 is 0. The van der Waals surface area contributed by atoms with Crippen molar-refractivity contribution in [3.63, 3.8) is 0 Å². The highest BCUT2D eigenvalue weighted by Gasteiger charge is 2.51. The summed E-state index contributed by atoms with van der Waals surface area (Å²) in [5, 5.41) is 13.0. The van der Waals surface area contributed by atoms with Crippen molar-refractivity contribution in [3.05, 3.63) is 59.2 Å². The monoisotopic (exact) mass is 404 g/mol. The molecule has 29 heavy (non-hydrogen) atoms. The largest absolute Gasteiger partial charge is 0.421 e. The van der Waals surface area contributed by atoms with Crippen molar-refractivity contribution in [3.8, 4) is 11.1 Å². The lowest BCUT2D eigenvalue weighted by Gasteiger charge is -2.27. The van der Waals surface area contributed by atoms with E-state index in [1.54, 1.807) is 12.1 Å². The molecular formula is C22H23F3N2O2. The van der Waals surface area contributed by atoms with Crippen LogP contribution in [0.5, 0.6) is 0 Å². The minimum atomic E-state index is -4.79. The maximum Gasteiger partial charge on any atom is 0.421 e. The van der Waals surface area contributed by atoms with E-state index in [2.05, 4.69) is 17.3 Å². The Morgan fingerprint density at radius 3 is 2.55 bits per heavy atom. The average Bonchev–Trinajstić information content (AvgIpc) is 2.99. The molecule has 1 fully saturated rings. The molecule has 0 aliphatic carbocycles. The summed E-state index contributed by atoms with van der Waals surface area (Å²) in [7, 11) is 2.06. The van der Waals surface area contributed by atoms with Crippen LogP contribution in [0.25, 0.3) is 11.1 Å². The third-order valence-corrected chi connectivity index (χ3v) is 6.16. The van der Waals surface area contributed by atoms with Crippen LogP contribution in [0.4, 0.5) is 13.2 Å². The van der Waals surface area contributed by atoms with Gasteiger partial charge in [0.05, 0.1) is 0 Å². The predicted octanol–water partition coefficient (Wildman–Crippen LogP) is 3.51. The fourth-order valence-corrected chi connectivity index (χ4v) is 4.39. The van der Waals surface area contributed by atoms with Crippen LogP contribution >= 0.6 is 0 Å². The van der Waals surface area contributed by atoms with Crippen LogP contribution in [0, 0.1) is 5.92 Å². The van der Waals surface area contributed by atoms with Crippen molar-refractivity contribution in [2.45, 2.75) is 24.6 Å². The number of amides is 1. The molecule has 2 heterocycles. The van der Waals surface area contributed by atoms with Crippen molar-refractivity contribution in [1.29, 1.82) is 0 Å². The highest BCUT2D eigenvalue weighted by atomic mass is 19.4. The number of aliphatic hydroxyl groups is 1. The molecule has 154 valence electrons. The predicted molar refractivity (Wildman–Crippen MR) is 104 cm³/mol. The molecule has 2 aliphatic heterocycles. The first-order valence-electron chi connectivity index (χ1n) is 9.58. The molecule has 2 aromatic carbocycles. The molecule has 4 nitrogen and oxygen atoms in total. The van der Waals surface area contributed by atoms with E-state index in [9.17, 15) is 23.1 Å². The standard InChI is InChI=1S/C22H23F3N2O2/c1-21(29,22(23,24)25)16-5-3-4-13(8-16)14-6-7-17-18(9-14)20(28)26-10-15-11-27(2)12-19(15)17/h3-9,15,19,29H,10-12H2,1-2H3,(H,26,28)/t15-,19-,21?/m0/s1. The van der Waals surface area contributed by atoms with E-state index in [4.69, 9.17) is 0 Å². The number of benzene rings is 2. The van der Waals surface area contributed by atoms with Gasteiger partial charge in [-0.15, -0.1) is 0 Å². The highest BCUT2D eigenvalue weighted by molar-refractivity contribution is 5.97. The fourth-order valence-electron chi connectivity index (χ4n) is 4.39. The molecule has 2 aliphatic rings. The summed E-state index contributed by atoms with van der Waals surface area (Å²) in [6.45, 7) is 3.14. The van der Waals surface area contributed by atoms with Crippen molar-refractivity contribution in [1.82, 2.24) is 10.2 Å². The molecular weight excluding hydrogens is 381 g/mol. The van der Waals surface area contributed by atoms with Gasteiger partial charge in [0, 0.05) is 31.1 Å². The second-order valence-electron chi connectivity index (χ2n) is 8.25. The van der Waals surface area contributed by atoms with Gasteiger partial charge in [0.25, 0.3) is 5.91 Å². The van der Waals surface area contributed by atoms with Gasteiger partial charge in [-0.1, -0.05) is 30.3 Å². The number of rotatable bonds is 2. The van der Waals surface area contributed by atoms with Crippen molar-refractivity contribution in [2.24, 2.45) is 5.92 Å². The number of hydrogen-bond acceptors (Lipinski definition) is 3. The van der Waals surface area contributed by atoms with E-state index in [0.717, 1.165) is 25.6 Å². The van der Waals surface area contributed by atoms with Gasteiger partial charge >= 0.3 is 6.18 Å². The van der Waals surface area contributed by atoms with Crippen LogP contribution < -0.4 is 5.32 Å². The third kappa shape index (κ3) is 3.42. The Hall–Kier alpha value is -2.38. The van der Waals surface area contributed by atoms with Crippen LogP contribution in [-0.2, 0) is 5.60 Å². The molecule has 1 unspecified atom stereocenters. The molecule has 4 rings (SSSR count). The number of likely N-dealkylation sites (N-methyl/N-ethyl adjacent to an activating group) is 1. The van der Waals surface area contributed by atoms with Crippen LogP contribution in [-0.4, -0.2) is 48.8 Å². The first-order chi connectivity index (χ1) is 13.6. The molecule has 2 N–H and O–H groups in total. The topological polar surface area (TPSA) is 52.6 Å². The number of nitrogens with one attached hydrogen (secondary N) is 1. The smallest absolute Gasteiger partial charge is 0.376 e. The fraction of sp³-hybridized carbons (Fsp3) is 0.409. The van der Waals surface area contributed by atoms with Gasteiger partial charge in [0.1, 0.15) is 0 Å². The molecule has 0 bridgehead atoms. The molecule has 0 aromatic heterocycles. The van der Waals surface area contributed by atoms with Gasteiger partial charge in [-0.05, 0) is 54.3 Å². The summed E-state index contributed by atoms with van der Waals surface area (Å²) in [6, 6.07) is 11.3. The van der Waals surface area contributed by atoms with E-state index in [1.807, 2.05) is 12.1 Å². The van der Waals surface area contributed by atoms with Crippen LogP contribution in [0.2, 0.25) is 0 Å². The second-order valence-corrected chi connectivity index (χ2v) is 8.25. The normalized spacial score (nSPS) is 24.3. The molecule has 0 radical (unpaired) electrons. The minimum Gasteiger partial charge on any atom is -0.376 e. The van der Waals surface area contributed by atoms with Crippen molar-refractivity contribution >= 4 is 5.91 Å². The highest BCUT2D eigenvalue weighted by Crippen LogP contribution is 2.40. The zero-order chi connectivity index (χ0) is 21.0. The molecule has 3 atom stereocenters. The van der Waals surface area contributed by atoms with Crippen molar-refractivity contribution in [2.75, 3.05) is 26.7 Å². The molecule has 7 heteroatoms. The van der Waals surface area contributed by atoms with Gasteiger partial charge in [-0.25, -0.2) is 0 Å². The van der Waals surface area contributed by atoms with Crippen molar-refractivity contribution < 1.29 is 23.1 Å². The van der Waals surface area contributed by atoms with E-state index in [-0.39, 0.29) is 17.4 Å². The van der Waals surface area contributed by atoms with Gasteiger partial charge < -0.3 is 15.3 Å². The van der Waals surface area contributed by atoms with Crippen LogP contribution in [0.1, 0.15) is 34.3 Å². The summed E-state index contributed by atoms with van der Waals surface area (Å²) < 4.78 is 39.7. The Kier molecular flexibility index (Phi) is 4.70. The summed E-state index contributed by atoms with van der Waals surface area (Å²) in [4.78, 5) is 14.9. The number of alkyl halides is 3. The molecule has 0 saturated carbocycles.